The molecule has 1 aliphatic rings. The Morgan fingerprint density at radius 2 is 1.88 bits per heavy atom. The van der Waals surface area contributed by atoms with E-state index < -0.39 is 5.97 Å². The Labute approximate surface area is 239 Å². The largest absolute Gasteiger partial charge is 0.465 e. The van der Waals surface area contributed by atoms with Crippen molar-refractivity contribution in [2.75, 3.05) is 19.0 Å². The van der Waals surface area contributed by atoms with Crippen molar-refractivity contribution in [3.05, 3.63) is 114 Å². The van der Waals surface area contributed by atoms with Crippen molar-refractivity contribution in [2.45, 2.75) is 31.8 Å². The lowest BCUT2D eigenvalue weighted by atomic mass is 10.0. The molecule has 9 heteroatoms. The van der Waals surface area contributed by atoms with E-state index in [9.17, 15) is 9.59 Å². The number of benzene rings is 2. The fourth-order valence-electron chi connectivity index (χ4n) is 5.12. The van der Waals surface area contributed by atoms with Crippen molar-refractivity contribution in [3.63, 3.8) is 0 Å². The number of pyridine rings is 1. The van der Waals surface area contributed by atoms with Gasteiger partial charge in [0.2, 0.25) is 5.91 Å². The van der Waals surface area contributed by atoms with Gasteiger partial charge in [0.25, 0.3) is 0 Å². The first-order chi connectivity index (χ1) is 19.5. The highest BCUT2D eigenvalue weighted by molar-refractivity contribution is 7.80. The summed E-state index contributed by atoms with van der Waals surface area (Å²) in [6.07, 6.45) is 4.80. The molecule has 0 unspecified atom stereocenters. The van der Waals surface area contributed by atoms with E-state index in [0.29, 0.717) is 17.2 Å². The molecule has 0 saturated carbocycles. The summed E-state index contributed by atoms with van der Waals surface area (Å²) in [5.41, 5.74) is 4.99. The third-order valence-electron chi connectivity index (χ3n) is 7.08. The number of amides is 1. The van der Waals surface area contributed by atoms with Gasteiger partial charge in [0, 0.05) is 42.4 Å². The molecular weight excluding hydrogens is 522 g/mol. The maximum absolute atomic E-state index is 13.0. The summed E-state index contributed by atoms with van der Waals surface area (Å²) in [7, 11) is 1.37. The molecule has 204 valence electrons. The molecule has 4 aromatic rings. The Bertz CT molecular complexity index is 1520. The number of methoxy groups -OCH3 is 1. The zero-order valence-corrected chi connectivity index (χ0v) is 23.2. The van der Waals surface area contributed by atoms with Gasteiger partial charge >= 0.3 is 5.97 Å². The molecule has 1 fully saturated rings. The molecular formula is C31H31N5O3S. The molecule has 0 spiro atoms. The van der Waals surface area contributed by atoms with E-state index in [2.05, 4.69) is 27.4 Å². The maximum Gasteiger partial charge on any atom is 0.337 e. The van der Waals surface area contributed by atoms with E-state index in [1.165, 1.54) is 7.11 Å². The molecule has 3 heterocycles. The quantitative estimate of drug-likeness (QED) is 0.217. The molecule has 2 N–H and O–H groups in total. The average Bonchev–Trinajstić information content (AvgIpc) is 3.60. The standard InChI is InChI=1S/C31H31N5O3S/c1-3-21-10-4-5-13-24(21)33-27(37)16-19-36-29(28(34-31(36)40)25-14-6-7-17-32-25)26-15-9-18-35(26)23-12-8-11-22(20-23)30(38)39-2/h4-15,17-18,20,28-29H,3,16,19H2,1-2H3,(H,33,37)(H,34,40)/t28-,29+/m1/s1. The van der Waals surface area contributed by atoms with Gasteiger partial charge in [-0.25, -0.2) is 4.79 Å². The fraction of sp³-hybridized carbons (Fsp3) is 0.226. The Kier molecular flexibility index (Phi) is 8.21. The van der Waals surface area contributed by atoms with E-state index in [0.717, 1.165) is 34.7 Å². The highest BCUT2D eigenvalue weighted by Crippen LogP contribution is 2.39. The Hall–Kier alpha value is -4.50. The summed E-state index contributed by atoms with van der Waals surface area (Å²) in [4.78, 5) is 31.9. The molecule has 1 amide bonds. The van der Waals surface area contributed by atoms with Crippen LogP contribution in [0.25, 0.3) is 5.69 Å². The van der Waals surface area contributed by atoms with Crippen molar-refractivity contribution in [1.82, 2.24) is 19.8 Å². The third kappa shape index (κ3) is 5.60. The summed E-state index contributed by atoms with van der Waals surface area (Å²) >= 11 is 5.81. The lowest BCUT2D eigenvalue weighted by Gasteiger charge is -2.29. The number of rotatable bonds is 9. The van der Waals surface area contributed by atoms with Crippen LogP contribution in [0.4, 0.5) is 5.69 Å². The number of aromatic nitrogens is 2. The van der Waals surface area contributed by atoms with Crippen LogP contribution in [0.2, 0.25) is 0 Å². The minimum absolute atomic E-state index is 0.0788. The molecule has 1 aliphatic heterocycles. The van der Waals surface area contributed by atoms with Gasteiger partial charge in [-0.15, -0.1) is 0 Å². The predicted molar refractivity (Wildman–Crippen MR) is 158 cm³/mol. The van der Waals surface area contributed by atoms with Crippen LogP contribution in [-0.2, 0) is 16.0 Å². The molecule has 40 heavy (non-hydrogen) atoms. The third-order valence-corrected chi connectivity index (χ3v) is 7.43. The number of hydrogen-bond donors (Lipinski definition) is 2. The first-order valence-corrected chi connectivity index (χ1v) is 13.6. The van der Waals surface area contributed by atoms with Crippen molar-refractivity contribution in [3.8, 4) is 5.69 Å². The average molecular weight is 554 g/mol. The lowest BCUT2D eigenvalue weighted by Crippen LogP contribution is -2.33. The molecule has 2 aromatic heterocycles. The van der Waals surface area contributed by atoms with Crippen molar-refractivity contribution < 1.29 is 14.3 Å². The van der Waals surface area contributed by atoms with Crippen LogP contribution in [-0.4, -0.2) is 45.1 Å². The zero-order valence-electron chi connectivity index (χ0n) is 22.4. The van der Waals surface area contributed by atoms with E-state index in [-0.39, 0.29) is 24.4 Å². The molecule has 8 nitrogen and oxygen atoms in total. The summed E-state index contributed by atoms with van der Waals surface area (Å²) in [5, 5.41) is 7.06. The summed E-state index contributed by atoms with van der Waals surface area (Å²) in [6.45, 7) is 2.48. The van der Waals surface area contributed by atoms with Crippen molar-refractivity contribution in [2.24, 2.45) is 0 Å². The second-order valence-electron chi connectivity index (χ2n) is 9.47. The van der Waals surface area contributed by atoms with Gasteiger partial charge < -0.3 is 24.8 Å². The number of anilines is 1. The van der Waals surface area contributed by atoms with Crippen LogP contribution in [0.5, 0.6) is 0 Å². The van der Waals surface area contributed by atoms with E-state index in [4.69, 9.17) is 17.0 Å². The van der Waals surface area contributed by atoms with Crippen molar-refractivity contribution in [1.29, 1.82) is 0 Å². The predicted octanol–water partition coefficient (Wildman–Crippen LogP) is 5.22. The summed E-state index contributed by atoms with van der Waals surface area (Å²) in [5.74, 6) is -0.479. The van der Waals surface area contributed by atoms with Gasteiger partial charge in [0.15, 0.2) is 5.11 Å². The number of nitrogens with one attached hydrogen (secondary N) is 2. The van der Waals surface area contributed by atoms with Crippen molar-refractivity contribution >= 4 is 34.9 Å². The number of aryl methyl sites for hydroxylation is 1. The SMILES string of the molecule is CCc1ccccc1NC(=O)CCN1C(=S)N[C@H](c2ccccn2)[C@@H]1c1cccn1-c1cccc(C(=O)OC)c1. The molecule has 1 saturated heterocycles. The van der Waals surface area contributed by atoms with Crippen LogP contribution in [0.1, 0.15) is 52.7 Å². The number of hydrogen-bond acceptors (Lipinski definition) is 5. The number of para-hydroxylation sites is 1. The normalized spacial score (nSPS) is 16.4. The van der Waals surface area contributed by atoms with E-state index >= 15 is 0 Å². The van der Waals surface area contributed by atoms with E-state index in [1.807, 2.05) is 77.5 Å². The number of esters is 1. The van der Waals surface area contributed by atoms with Gasteiger partial charge in [-0.3, -0.25) is 9.78 Å². The Morgan fingerprint density at radius 3 is 2.65 bits per heavy atom. The number of nitrogens with zero attached hydrogens (tertiary/aromatic N) is 3. The highest BCUT2D eigenvalue weighted by atomic mass is 32.1. The van der Waals surface area contributed by atoms with Gasteiger partial charge in [-0.2, -0.15) is 0 Å². The first kappa shape index (κ1) is 27.1. The topological polar surface area (TPSA) is 88.5 Å². The van der Waals surface area contributed by atoms with Crippen LogP contribution in [0, 0.1) is 0 Å². The molecule has 2 aromatic carbocycles. The molecule has 0 bridgehead atoms. The van der Waals surface area contributed by atoms with Gasteiger partial charge in [-0.1, -0.05) is 37.3 Å². The number of carbonyl (C=O) groups is 2. The molecule has 0 radical (unpaired) electrons. The minimum atomic E-state index is -0.400. The van der Waals surface area contributed by atoms with Gasteiger partial charge in [0.05, 0.1) is 30.5 Å². The first-order valence-electron chi connectivity index (χ1n) is 13.2. The zero-order chi connectivity index (χ0) is 28.1. The van der Waals surface area contributed by atoms with Crippen LogP contribution in [0.15, 0.2) is 91.3 Å². The number of thiocarbonyl (C=S) groups is 1. The Morgan fingerprint density at radius 1 is 1.05 bits per heavy atom. The minimum Gasteiger partial charge on any atom is -0.465 e. The molecule has 5 rings (SSSR count). The molecule has 2 atom stereocenters. The summed E-state index contributed by atoms with van der Waals surface area (Å²) in [6, 6.07) is 24.4. The second-order valence-corrected chi connectivity index (χ2v) is 9.86. The van der Waals surface area contributed by atoms with E-state index in [1.54, 1.807) is 18.3 Å². The Balaban J connectivity index is 1.46. The van der Waals surface area contributed by atoms with Crippen LogP contribution < -0.4 is 10.6 Å². The van der Waals surface area contributed by atoms with Gasteiger partial charge in [0.1, 0.15) is 0 Å². The fourth-order valence-corrected chi connectivity index (χ4v) is 5.46. The number of carbonyl (C=O) groups excluding carboxylic acids is 2. The number of ether oxygens (including phenoxy) is 1. The maximum atomic E-state index is 13.0. The smallest absolute Gasteiger partial charge is 0.337 e. The summed E-state index contributed by atoms with van der Waals surface area (Å²) < 4.78 is 6.96. The second kappa shape index (κ2) is 12.1. The highest BCUT2D eigenvalue weighted by Gasteiger charge is 2.41. The lowest BCUT2D eigenvalue weighted by molar-refractivity contribution is -0.116. The molecule has 0 aliphatic carbocycles. The van der Waals surface area contributed by atoms with Gasteiger partial charge in [-0.05, 0) is 72.7 Å². The van der Waals surface area contributed by atoms with Crippen LogP contribution in [0.3, 0.4) is 0 Å². The van der Waals surface area contributed by atoms with Crippen LogP contribution >= 0.6 is 12.2 Å². The monoisotopic (exact) mass is 553 g/mol.